The minimum Gasteiger partial charge on any atom is -0.368 e. The van der Waals surface area contributed by atoms with Crippen molar-refractivity contribution >= 4 is 17.5 Å². The molecule has 158 valence electrons. The zero-order valence-corrected chi connectivity index (χ0v) is 16.3. The summed E-state index contributed by atoms with van der Waals surface area (Å²) in [4.78, 5) is 24.8. The van der Waals surface area contributed by atoms with Crippen LogP contribution in [0.2, 0.25) is 0 Å². The second-order valence-corrected chi connectivity index (χ2v) is 6.35. The van der Waals surface area contributed by atoms with Gasteiger partial charge in [-0.05, 0) is 26.0 Å². The first-order valence-electron chi connectivity index (χ1n) is 9.05. The second-order valence-electron chi connectivity index (χ2n) is 6.35. The Bertz CT molecular complexity index is 1030. The van der Waals surface area contributed by atoms with Crippen LogP contribution in [-0.2, 0) is 6.18 Å². The third-order valence-electron chi connectivity index (χ3n) is 4.09. The van der Waals surface area contributed by atoms with E-state index in [1.807, 2.05) is 11.5 Å². The Hall–Kier alpha value is -3.63. The number of anilines is 2. The van der Waals surface area contributed by atoms with Crippen LogP contribution in [0.25, 0.3) is 5.82 Å². The van der Waals surface area contributed by atoms with Gasteiger partial charge in [-0.1, -0.05) is 12.1 Å². The number of carbonyl (C=O) groups excluding carboxylic acids is 1. The van der Waals surface area contributed by atoms with Gasteiger partial charge in [0.15, 0.2) is 0 Å². The number of urea groups is 1. The van der Waals surface area contributed by atoms with Crippen molar-refractivity contribution in [1.82, 2.24) is 24.8 Å². The number of para-hydroxylation sites is 1. The van der Waals surface area contributed by atoms with Crippen molar-refractivity contribution in [2.24, 2.45) is 0 Å². The van der Waals surface area contributed by atoms with Gasteiger partial charge < -0.3 is 16.0 Å². The molecule has 8 nitrogen and oxygen atoms in total. The molecule has 30 heavy (non-hydrogen) atoms. The minimum absolute atomic E-state index is 0.169. The van der Waals surface area contributed by atoms with E-state index in [4.69, 9.17) is 0 Å². The third kappa shape index (κ3) is 5.25. The number of halogens is 3. The molecule has 0 unspecified atom stereocenters. The topological polar surface area (TPSA) is 96.8 Å². The molecule has 0 spiro atoms. The number of imidazole rings is 1. The molecule has 0 aliphatic heterocycles. The molecule has 0 saturated carbocycles. The van der Waals surface area contributed by atoms with Crippen molar-refractivity contribution in [2.75, 3.05) is 23.7 Å². The number of nitrogens with zero attached hydrogens (tertiary/aromatic N) is 4. The SMILES string of the molecule is Cc1nc(NCCNC(=O)Nc2ccccc2C(F)(F)F)cc(-n2ccnc2C)n1. The van der Waals surface area contributed by atoms with Crippen LogP contribution in [-0.4, -0.2) is 38.6 Å². The summed E-state index contributed by atoms with van der Waals surface area (Å²) in [7, 11) is 0. The Morgan fingerprint density at radius 3 is 2.60 bits per heavy atom. The molecule has 3 rings (SSSR count). The van der Waals surface area contributed by atoms with Crippen molar-refractivity contribution in [2.45, 2.75) is 20.0 Å². The van der Waals surface area contributed by atoms with Gasteiger partial charge in [-0.3, -0.25) is 4.57 Å². The third-order valence-corrected chi connectivity index (χ3v) is 4.09. The van der Waals surface area contributed by atoms with Crippen molar-refractivity contribution in [3.05, 3.63) is 59.9 Å². The van der Waals surface area contributed by atoms with Crippen LogP contribution in [0.5, 0.6) is 0 Å². The monoisotopic (exact) mass is 419 g/mol. The van der Waals surface area contributed by atoms with Crippen LogP contribution < -0.4 is 16.0 Å². The molecule has 0 radical (unpaired) electrons. The Morgan fingerprint density at radius 1 is 1.13 bits per heavy atom. The number of hydrogen-bond acceptors (Lipinski definition) is 5. The summed E-state index contributed by atoms with van der Waals surface area (Å²) in [6.07, 6.45) is -1.10. The number of carbonyl (C=O) groups is 1. The maximum Gasteiger partial charge on any atom is 0.418 e. The largest absolute Gasteiger partial charge is 0.418 e. The molecule has 2 aromatic heterocycles. The zero-order chi connectivity index (χ0) is 21.7. The quantitative estimate of drug-likeness (QED) is 0.531. The van der Waals surface area contributed by atoms with Crippen molar-refractivity contribution in [1.29, 1.82) is 0 Å². The van der Waals surface area contributed by atoms with E-state index in [9.17, 15) is 18.0 Å². The van der Waals surface area contributed by atoms with E-state index in [0.717, 1.165) is 11.9 Å². The summed E-state index contributed by atoms with van der Waals surface area (Å²) in [5, 5.41) is 7.79. The van der Waals surface area contributed by atoms with Crippen LogP contribution in [0.4, 0.5) is 29.5 Å². The number of alkyl halides is 3. The fraction of sp³-hybridized carbons (Fsp3) is 0.263. The van der Waals surface area contributed by atoms with E-state index in [-0.39, 0.29) is 12.2 Å². The Kier molecular flexibility index (Phi) is 6.19. The van der Waals surface area contributed by atoms with Gasteiger partial charge in [0.25, 0.3) is 0 Å². The van der Waals surface area contributed by atoms with Gasteiger partial charge in [-0.15, -0.1) is 0 Å². The lowest BCUT2D eigenvalue weighted by atomic mass is 10.1. The van der Waals surface area contributed by atoms with E-state index in [1.165, 1.54) is 18.2 Å². The number of benzene rings is 1. The number of amides is 2. The summed E-state index contributed by atoms with van der Waals surface area (Å²) in [5.74, 6) is 2.53. The van der Waals surface area contributed by atoms with Crippen molar-refractivity contribution in [3.63, 3.8) is 0 Å². The lowest BCUT2D eigenvalue weighted by Gasteiger charge is -2.14. The van der Waals surface area contributed by atoms with E-state index in [2.05, 4.69) is 30.9 Å². The summed E-state index contributed by atoms with van der Waals surface area (Å²) in [6, 6.07) is 5.80. The van der Waals surface area contributed by atoms with Gasteiger partial charge in [0.2, 0.25) is 0 Å². The first-order chi connectivity index (χ1) is 14.2. The molecule has 2 heterocycles. The van der Waals surface area contributed by atoms with Gasteiger partial charge in [0.1, 0.15) is 23.3 Å². The highest BCUT2D eigenvalue weighted by atomic mass is 19.4. The molecule has 1 aromatic carbocycles. The summed E-state index contributed by atoms with van der Waals surface area (Å²) < 4.78 is 40.8. The molecule has 3 N–H and O–H groups in total. The molecule has 2 amide bonds. The molecule has 0 fully saturated rings. The van der Waals surface area contributed by atoms with Crippen molar-refractivity contribution in [3.8, 4) is 5.82 Å². The average molecular weight is 419 g/mol. The normalized spacial score (nSPS) is 11.2. The number of aromatic nitrogens is 4. The highest BCUT2D eigenvalue weighted by Crippen LogP contribution is 2.34. The lowest BCUT2D eigenvalue weighted by Crippen LogP contribution is -2.33. The molecule has 11 heteroatoms. The molecular weight excluding hydrogens is 399 g/mol. The Morgan fingerprint density at radius 2 is 1.90 bits per heavy atom. The van der Waals surface area contributed by atoms with E-state index < -0.39 is 17.8 Å². The number of rotatable bonds is 6. The molecule has 0 atom stereocenters. The Labute approximate surface area is 170 Å². The number of nitrogens with one attached hydrogen (secondary N) is 3. The predicted molar refractivity (Wildman–Crippen MR) is 106 cm³/mol. The molecular formula is C19H20F3N7O. The lowest BCUT2D eigenvalue weighted by molar-refractivity contribution is -0.136. The van der Waals surface area contributed by atoms with Crippen LogP contribution in [0.15, 0.2) is 42.7 Å². The average Bonchev–Trinajstić information content (AvgIpc) is 3.10. The van der Waals surface area contributed by atoms with Crippen LogP contribution in [0, 0.1) is 13.8 Å². The van der Waals surface area contributed by atoms with E-state index >= 15 is 0 Å². The fourth-order valence-corrected chi connectivity index (χ4v) is 2.76. The number of aryl methyl sites for hydroxylation is 2. The van der Waals surface area contributed by atoms with Crippen LogP contribution in [0.3, 0.4) is 0 Å². The minimum atomic E-state index is -4.55. The van der Waals surface area contributed by atoms with Gasteiger partial charge in [-0.25, -0.2) is 19.7 Å². The highest BCUT2D eigenvalue weighted by Gasteiger charge is 2.33. The molecule has 0 saturated heterocycles. The van der Waals surface area contributed by atoms with Crippen LogP contribution in [0.1, 0.15) is 17.2 Å². The summed E-state index contributed by atoms with van der Waals surface area (Å²) in [6.45, 7) is 4.09. The number of hydrogen-bond donors (Lipinski definition) is 3. The molecule has 0 aliphatic carbocycles. The zero-order valence-electron chi connectivity index (χ0n) is 16.3. The second kappa shape index (κ2) is 8.80. The standard InChI is InChI=1S/C19H20F3N7O/c1-12-26-16(11-17(27-12)29-10-9-23-13(29)2)24-7-8-25-18(30)28-15-6-4-3-5-14(15)19(20,21)22/h3-6,9-11H,7-8H2,1-2H3,(H,24,26,27)(H2,25,28,30). The fourth-order valence-electron chi connectivity index (χ4n) is 2.76. The predicted octanol–water partition coefficient (Wildman–Crippen LogP) is 3.53. The summed E-state index contributed by atoms with van der Waals surface area (Å²) in [5.41, 5.74) is -1.21. The van der Waals surface area contributed by atoms with E-state index in [1.54, 1.807) is 25.4 Å². The first kappa shape index (κ1) is 21.1. The van der Waals surface area contributed by atoms with Crippen molar-refractivity contribution < 1.29 is 18.0 Å². The smallest absolute Gasteiger partial charge is 0.368 e. The summed E-state index contributed by atoms with van der Waals surface area (Å²) >= 11 is 0. The van der Waals surface area contributed by atoms with Gasteiger partial charge >= 0.3 is 12.2 Å². The Balaban J connectivity index is 1.54. The van der Waals surface area contributed by atoms with Gasteiger partial charge in [-0.2, -0.15) is 13.2 Å². The van der Waals surface area contributed by atoms with Crippen LogP contribution >= 0.6 is 0 Å². The highest BCUT2D eigenvalue weighted by molar-refractivity contribution is 5.90. The van der Waals surface area contributed by atoms with E-state index in [0.29, 0.717) is 24.0 Å². The molecule has 0 aliphatic rings. The maximum absolute atomic E-state index is 13.0. The van der Waals surface area contributed by atoms with Gasteiger partial charge in [0, 0.05) is 31.5 Å². The van der Waals surface area contributed by atoms with Gasteiger partial charge in [0.05, 0.1) is 11.3 Å². The molecule has 3 aromatic rings. The first-order valence-corrected chi connectivity index (χ1v) is 9.05. The molecule has 0 bridgehead atoms. The maximum atomic E-state index is 13.0.